The van der Waals surface area contributed by atoms with Crippen molar-refractivity contribution < 1.29 is 0 Å². The Kier molecular flexibility index (Phi) is 3.66. The molecule has 0 aliphatic carbocycles. The molecule has 1 aromatic carbocycles. The van der Waals surface area contributed by atoms with Gasteiger partial charge in [-0.15, -0.1) is 22.7 Å². The minimum atomic E-state index is -0.225. The van der Waals surface area contributed by atoms with Crippen LogP contribution in [-0.2, 0) is 0 Å². The van der Waals surface area contributed by atoms with Gasteiger partial charge in [0.2, 0.25) is 0 Å². The third-order valence-electron chi connectivity index (χ3n) is 2.77. The SMILES string of the molecule is NC(c1cccc(Cl)c1)c1nc(-c2cccs2)cs1. The molecule has 0 amide bonds. The number of hydrogen-bond acceptors (Lipinski definition) is 4. The van der Waals surface area contributed by atoms with Crippen molar-refractivity contribution in [2.24, 2.45) is 5.73 Å². The van der Waals surface area contributed by atoms with Gasteiger partial charge in [0.1, 0.15) is 5.01 Å². The molecule has 0 radical (unpaired) electrons. The summed E-state index contributed by atoms with van der Waals surface area (Å²) in [5, 5.41) is 5.70. The van der Waals surface area contributed by atoms with E-state index in [4.69, 9.17) is 17.3 Å². The maximum atomic E-state index is 6.24. The minimum absolute atomic E-state index is 0.225. The first-order chi connectivity index (χ1) is 9.24. The van der Waals surface area contributed by atoms with E-state index in [1.165, 1.54) is 4.88 Å². The van der Waals surface area contributed by atoms with Crippen molar-refractivity contribution in [3.05, 3.63) is 62.8 Å². The van der Waals surface area contributed by atoms with E-state index in [0.717, 1.165) is 16.3 Å². The number of benzene rings is 1. The molecule has 1 unspecified atom stereocenters. The van der Waals surface area contributed by atoms with Crippen LogP contribution in [0.15, 0.2) is 47.2 Å². The number of thiazole rings is 1. The molecule has 96 valence electrons. The molecule has 2 aromatic heterocycles. The predicted molar refractivity (Wildman–Crippen MR) is 82.9 cm³/mol. The molecule has 0 saturated carbocycles. The lowest BCUT2D eigenvalue weighted by atomic mass is 10.1. The molecule has 1 atom stereocenters. The molecule has 19 heavy (non-hydrogen) atoms. The first-order valence-electron chi connectivity index (χ1n) is 5.74. The highest BCUT2D eigenvalue weighted by molar-refractivity contribution is 7.14. The average Bonchev–Trinajstić information content (AvgIpc) is 3.08. The molecule has 3 rings (SSSR count). The van der Waals surface area contributed by atoms with Crippen LogP contribution in [0.1, 0.15) is 16.6 Å². The topological polar surface area (TPSA) is 38.9 Å². The maximum Gasteiger partial charge on any atom is 0.115 e. The third kappa shape index (κ3) is 2.72. The molecule has 0 fully saturated rings. The fourth-order valence-electron chi connectivity index (χ4n) is 1.81. The lowest BCUT2D eigenvalue weighted by Gasteiger charge is -2.08. The number of rotatable bonds is 3. The van der Waals surface area contributed by atoms with E-state index < -0.39 is 0 Å². The van der Waals surface area contributed by atoms with Gasteiger partial charge < -0.3 is 5.73 Å². The van der Waals surface area contributed by atoms with E-state index in [2.05, 4.69) is 11.1 Å². The minimum Gasteiger partial charge on any atom is -0.318 e. The van der Waals surface area contributed by atoms with Crippen molar-refractivity contribution in [2.45, 2.75) is 6.04 Å². The van der Waals surface area contributed by atoms with Crippen LogP contribution in [0.5, 0.6) is 0 Å². The first-order valence-corrected chi connectivity index (χ1v) is 7.88. The number of aromatic nitrogens is 1. The Morgan fingerprint density at radius 1 is 1.16 bits per heavy atom. The van der Waals surface area contributed by atoms with Crippen molar-refractivity contribution >= 4 is 34.3 Å². The summed E-state index contributed by atoms with van der Waals surface area (Å²) >= 11 is 9.26. The highest BCUT2D eigenvalue weighted by atomic mass is 35.5. The first kappa shape index (κ1) is 12.8. The summed E-state index contributed by atoms with van der Waals surface area (Å²) in [4.78, 5) is 5.79. The fraction of sp³-hybridized carbons (Fsp3) is 0.0714. The lowest BCUT2D eigenvalue weighted by Crippen LogP contribution is -2.11. The summed E-state index contributed by atoms with van der Waals surface area (Å²) in [6.45, 7) is 0. The van der Waals surface area contributed by atoms with Crippen molar-refractivity contribution in [3.63, 3.8) is 0 Å². The zero-order chi connectivity index (χ0) is 13.2. The Morgan fingerprint density at radius 3 is 2.79 bits per heavy atom. The zero-order valence-corrected chi connectivity index (χ0v) is 12.3. The molecule has 0 spiro atoms. The van der Waals surface area contributed by atoms with Gasteiger partial charge in [0.15, 0.2) is 0 Å². The molecule has 2 heterocycles. The van der Waals surface area contributed by atoms with Gasteiger partial charge >= 0.3 is 0 Å². The smallest absolute Gasteiger partial charge is 0.115 e. The van der Waals surface area contributed by atoms with Crippen molar-refractivity contribution in [1.82, 2.24) is 4.98 Å². The number of nitrogens with two attached hydrogens (primary N) is 1. The van der Waals surface area contributed by atoms with E-state index in [-0.39, 0.29) is 6.04 Å². The van der Waals surface area contributed by atoms with Crippen LogP contribution < -0.4 is 5.73 Å². The van der Waals surface area contributed by atoms with Crippen molar-refractivity contribution in [3.8, 4) is 10.6 Å². The van der Waals surface area contributed by atoms with Crippen molar-refractivity contribution in [2.75, 3.05) is 0 Å². The Morgan fingerprint density at radius 2 is 2.05 bits per heavy atom. The Bertz CT molecular complexity index is 676. The van der Waals surface area contributed by atoms with Crippen LogP contribution in [0, 0.1) is 0 Å². The Labute approximate surface area is 124 Å². The van der Waals surface area contributed by atoms with E-state index in [0.29, 0.717) is 5.02 Å². The van der Waals surface area contributed by atoms with Gasteiger partial charge in [-0.1, -0.05) is 29.8 Å². The fourth-order valence-corrected chi connectivity index (χ4v) is 3.62. The number of nitrogens with zero attached hydrogens (tertiary/aromatic N) is 1. The summed E-state index contributed by atoms with van der Waals surface area (Å²) in [5.74, 6) is 0. The zero-order valence-electron chi connectivity index (χ0n) is 9.92. The van der Waals surface area contributed by atoms with E-state index >= 15 is 0 Å². The van der Waals surface area contributed by atoms with Crippen molar-refractivity contribution in [1.29, 1.82) is 0 Å². The standard InChI is InChI=1S/C14H11ClN2S2/c15-10-4-1-3-9(7-10)13(16)14-17-11(8-19-14)12-5-2-6-18-12/h1-8,13H,16H2. The molecule has 0 saturated heterocycles. The van der Waals surface area contributed by atoms with Gasteiger partial charge in [0, 0.05) is 10.4 Å². The quantitative estimate of drug-likeness (QED) is 0.769. The van der Waals surface area contributed by atoms with Gasteiger partial charge in [-0.3, -0.25) is 0 Å². The van der Waals surface area contributed by atoms with Gasteiger partial charge in [0.05, 0.1) is 16.6 Å². The summed E-state index contributed by atoms with van der Waals surface area (Å²) < 4.78 is 0. The summed E-state index contributed by atoms with van der Waals surface area (Å²) in [6.07, 6.45) is 0. The highest BCUT2D eigenvalue weighted by Gasteiger charge is 2.14. The second kappa shape index (κ2) is 5.43. The van der Waals surface area contributed by atoms with E-state index in [1.54, 1.807) is 22.7 Å². The molecule has 2 nitrogen and oxygen atoms in total. The summed E-state index contributed by atoms with van der Waals surface area (Å²) in [7, 11) is 0. The van der Waals surface area contributed by atoms with Gasteiger partial charge in [-0.05, 0) is 29.1 Å². The second-order valence-electron chi connectivity index (χ2n) is 4.08. The normalized spacial score (nSPS) is 12.5. The molecular formula is C14H11ClN2S2. The predicted octanol–water partition coefficient (Wildman–Crippen LogP) is 4.57. The van der Waals surface area contributed by atoms with Gasteiger partial charge in [0.25, 0.3) is 0 Å². The largest absolute Gasteiger partial charge is 0.318 e. The maximum absolute atomic E-state index is 6.24. The molecule has 5 heteroatoms. The number of thiophene rings is 1. The molecule has 2 N–H and O–H groups in total. The van der Waals surface area contributed by atoms with Crippen LogP contribution in [0.3, 0.4) is 0 Å². The van der Waals surface area contributed by atoms with Crippen LogP contribution in [0.25, 0.3) is 10.6 Å². The monoisotopic (exact) mass is 306 g/mol. The summed E-state index contributed by atoms with van der Waals surface area (Å²) in [5.41, 5.74) is 8.22. The van der Waals surface area contributed by atoms with Gasteiger partial charge in [-0.2, -0.15) is 0 Å². The highest BCUT2D eigenvalue weighted by Crippen LogP contribution is 2.30. The Hall–Kier alpha value is -1.20. The third-order valence-corrected chi connectivity index (χ3v) is 4.82. The molecule has 0 bridgehead atoms. The van der Waals surface area contributed by atoms with Crippen LogP contribution in [-0.4, -0.2) is 4.98 Å². The molecule has 0 aliphatic rings. The van der Waals surface area contributed by atoms with E-state index in [9.17, 15) is 0 Å². The molecule has 3 aromatic rings. The van der Waals surface area contributed by atoms with Crippen LogP contribution in [0.2, 0.25) is 5.02 Å². The van der Waals surface area contributed by atoms with Crippen LogP contribution >= 0.6 is 34.3 Å². The summed E-state index contributed by atoms with van der Waals surface area (Å²) in [6, 6.07) is 11.5. The lowest BCUT2D eigenvalue weighted by molar-refractivity contribution is 0.859. The van der Waals surface area contributed by atoms with Gasteiger partial charge in [-0.25, -0.2) is 4.98 Å². The average molecular weight is 307 g/mol. The number of hydrogen-bond donors (Lipinski definition) is 1. The molecular weight excluding hydrogens is 296 g/mol. The number of halogens is 1. The molecule has 0 aliphatic heterocycles. The van der Waals surface area contributed by atoms with E-state index in [1.807, 2.05) is 41.1 Å². The second-order valence-corrected chi connectivity index (χ2v) is 6.35. The van der Waals surface area contributed by atoms with Crippen LogP contribution in [0.4, 0.5) is 0 Å². The Balaban J connectivity index is 1.90.